The molecule has 0 aliphatic carbocycles. The summed E-state index contributed by atoms with van der Waals surface area (Å²) in [7, 11) is 0. The fourth-order valence-electron chi connectivity index (χ4n) is 2.95. The minimum Gasteiger partial charge on any atom is -0.478 e. The molecule has 0 radical (unpaired) electrons. The molecule has 0 amide bonds. The highest BCUT2D eigenvalue weighted by Crippen LogP contribution is 2.32. The highest BCUT2D eigenvalue weighted by atomic mass is 19.4. The molecule has 152 valence electrons. The van der Waals surface area contributed by atoms with Crippen molar-refractivity contribution in [2.24, 2.45) is 0 Å². The Hall–Kier alpha value is -3.95. The summed E-state index contributed by atoms with van der Waals surface area (Å²) in [6, 6.07) is 13.4. The number of carboxylic acid groups (broad SMARTS) is 1. The number of aromatic nitrogens is 5. The molecule has 0 atom stereocenters. The lowest BCUT2D eigenvalue weighted by atomic mass is 10.1. The lowest BCUT2D eigenvalue weighted by Gasteiger charge is -2.10. The van der Waals surface area contributed by atoms with Crippen LogP contribution in [0.3, 0.4) is 0 Å². The van der Waals surface area contributed by atoms with Crippen molar-refractivity contribution in [3.63, 3.8) is 0 Å². The first kappa shape index (κ1) is 19.4. The van der Waals surface area contributed by atoms with Gasteiger partial charge in [0.2, 0.25) is 0 Å². The molecule has 0 saturated heterocycles. The Morgan fingerprint density at radius 1 is 1.00 bits per heavy atom. The molecular weight excluding hydrogens is 399 g/mol. The van der Waals surface area contributed by atoms with Crippen molar-refractivity contribution in [1.82, 2.24) is 24.8 Å². The van der Waals surface area contributed by atoms with Crippen LogP contribution in [-0.2, 0) is 6.18 Å². The van der Waals surface area contributed by atoms with Crippen molar-refractivity contribution in [2.75, 3.05) is 0 Å². The van der Waals surface area contributed by atoms with Gasteiger partial charge in [-0.2, -0.15) is 18.3 Å². The maximum Gasteiger partial charge on any atom is 0.433 e. The van der Waals surface area contributed by atoms with Crippen LogP contribution in [0.15, 0.2) is 60.8 Å². The highest BCUT2D eigenvalue weighted by Gasteiger charge is 2.35. The van der Waals surface area contributed by atoms with Crippen LogP contribution in [-0.4, -0.2) is 35.9 Å². The third kappa shape index (κ3) is 3.66. The second-order valence-electron chi connectivity index (χ2n) is 6.53. The van der Waals surface area contributed by atoms with Gasteiger partial charge < -0.3 is 5.11 Å². The van der Waals surface area contributed by atoms with E-state index in [1.807, 2.05) is 0 Å². The van der Waals surface area contributed by atoms with E-state index in [0.717, 1.165) is 10.7 Å². The molecule has 2 aromatic heterocycles. The second-order valence-corrected chi connectivity index (χ2v) is 6.53. The van der Waals surface area contributed by atoms with Crippen LogP contribution in [0.1, 0.15) is 21.7 Å². The molecule has 0 aliphatic rings. The molecule has 4 aromatic rings. The summed E-state index contributed by atoms with van der Waals surface area (Å²) in [4.78, 5) is 10.9. The Labute approximate surface area is 168 Å². The number of carboxylic acids is 1. The Bertz CT molecular complexity index is 1210. The van der Waals surface area contributed by atoms with Gasteiger partial charge in [-0.3, -0.25) is 0 Å². The van der Waals surface area contributed by atoms with E-state index in [-0.39, 0.29) is 16.9 Å². The lowest BCUT2D eigenvalue weighted by molar-refractivity contribution is -0.142. The number of benzene rings is 2. The van der Waals surface area contributed by atoms with E-state index in [4.69, 9.17) is 5.11 Å². The zero-order chi connectivity index (χ0) is 21.5. The average molecular weight is 413 g/mol. The molecule has 1 N–H and O–H groups in total. The van der Waals surface area contributed by atoms with Gasteiger partial charge in [-0.15, -0.1) is 5.10 Å². The summed E-state index contributed by atoms with van der Waals surface area (Å²) < 4.78 is 42.0. The fourth-order valence-corrected chi connectivity index (χ4v) is 2.95. The number of aryl methyl sites for hydroxylation is 1. The van der Waals surface area contributed by atoms with Gasteiger partial charge in [0.05, 0.1) is 28.8 Å². The van der Waals surface area contributed by atoms with Gasteiger partial charge in [-0.1, -0.05) is 17.3 Å². The monoisotopic (exact) mass is 413 g/mol. The predicted octanol–water partition coefficient (Wildman–Crippen LogP) is 4.15. The SMILES string of the molecule is Cc1cc(C(F)(F)F)n(-c2ccc(-c3cn(-c4ccc(C(=O)O)cc4)nn3)cc2)n1. The first-order chi connectivity index (χ1) is 14.2. The highest BCUT2D eigenvalue weighted by molar-refractivity contribution is 5.87. The smallest absolute Gasteiger partial charge is 0.433 e. The average Bonchev–Trinajstić information content (AvgIpc) is 3.35. The third-order valence-electron chi connectivity index (χ3n) is 4.40. The Balaban J connectivity index is 1.61. The van der Waals surface area contributed by atoms with E-state index in [9.17, 15) is 18.0 Å². The van der Waals surface area contributed by atoms with Gasteiger partial charge in [0, 0.05) is 5.56 Å². The van der Waals surface area contributed by atoms with E-state index in [2.05, 4.69) is 15.4 Å². The minimum atomic E-state index is -4.52. The van der Waals surface area contributed by atoms with E-state index < -0.39 is 17.8 Å². The zero-order valence-electron chi connectivity index (χ0n) is 15.5. The minimum absolute atomic E-state index is 0.154. The molecular formula is C20H14F3N5O2. The number of alkyl halides is 3. The van der Waals surface area contributed by atoms with Gasteiger partial charge in [0.15, 0.2) is 0 Å². The number of aromatic carboxylic acids is 1. The van der Waals surface area contributed by atoms with Crippen LogP contribution >= 0.6 is 0 Å². The molecule has 10 heteroatoms. The van der Waals surface area contributed by atoms with Crippen molar-refractivity contribution in [3.05, 3.63) is 77.7 Å². The number of carbonyl (C=O) groups is 1. The number of rotatable bonds is 4. The molecule has 2 aromatic carbocycles. The summed E-state index contributed by atoms with van der Waals surface area (Å²) in [5.74, 6) is -1.03. The van der Waals surface area contributed by atoms with Gasteiger partial charge >= 0.3 is 12.1 Å². The maximum absolute atomic E-state index is 13.2. The largest absolute Gasteiger partial charge is 0.478 e. The Morgan fingerprint density at radius 2 is 1.63 bits per heavy atom. The molecule has 7 nitrogen and oxygen atoms in total. The Morgan fingerprint density at radius 3 is 2.23 bits per heavy atom. The molecule has 0 bridgehead atoms. The van der Waals surface area contributed by atoms with Crippen molar-refractivity contribution in [3.8, 4) is 22.6 Å². The van der Waals surface area contributed by atoms with E-state index in [1.165, 1.54) is 35.9 Å². The quantitative estimate of drug-likeness (QED) is 0.543. The number of hydrogen-bond acceptors (Lipinski definition) is 4. The maximum atomic E-state index is 13.2. The summed E-state index contributed by atoms with van der Waals surface area (Å²) in [5, 5.41) is 21.0. The van der Waals surface area contributed by atoms with Gasteiger partial charge in [0.25, 0.3) is 0 Å². The van der Waals surface area contributed by atoms with Crippen molar-refractivity contribution < 1.29 is 23.1 Å². The molecule has 0 unspecified atom stereocenters. The van der Waals surface area contributed by atoms with E-state index in [1.54, 1.807) is 30.5 Å². The molecule has 30 heavy (non-hydrogen) atoms. The van der Waals surface area contributed by atoms with Crippen LogP contribution in [0.5, 0.6) is 0 Å². The van der Waals surface area contributed by atoms with E-state index >= 15 is 0 Å². The first-order valence-electron chi connectivity index (χ1n) is 8.73. The molecule has 0 fully saturated rings. The number of hydrogen-bond donors (Lipinski definition) is 1. The molecule has 0 spiro atoms. The number of nitrogens with zero attached hydrogens (tertiary/aromatic N) is 5. The van der Waals surface area contributed by atoms with Crippen LogP contribution in [0.2, 0.25) is 0 Å². The topological polar surface area (TPSA) is 85.8 Å². The first-order valence-corrected chi connectivity index (χ1v) is 8.73. The van der Waals surface area contributed by atoms with Gasteiger partial charge in [-0.25, -0.2) is 14.2 Å². The normalized spacial score (nSPS) is 11.6. The molecule has 4 rings (SSSR count). The predicted molar refractivity (Wildman–Crippen MR) is 101 cm³/mol. The lowest BCUT2D eigenvalue weighted by Crippen LogP contribution is -2.13. The number of halogens is 3. The van der Waals surface area contributed by atoms with Crippen molar-refractivity contribution >= 4 is 5.97 Å². The molecule has 0 aliphatic heterocycles. The summed E-state index contributed by atoms with van der Waals surface area (Å²) in [6.07, 6.45) is -2.87. The second kappa shape index (κ2) is 7.14. The summed E-state index contributed by atoms with van der Waals surface area (Å²) >= 11 is 0. The van der Waals surface area contributed by atoms with Gasteiger partial charge in [-0.05, 0) is 49.4 Å². The van der Waals surface area contributed by atoms with E-state index in [0.29, 0.717) is 16.9 Å². The Kier molecular flexibility index (Phi) is 4.61. The van der Waals surface area contributed by atoms with Crippen LogP contribution < -0.4 is 0 Å². The van der Waals surface area contributed by atoms with Crippen LogP contribution in [0, 0.1) is 6.92 Å². The van der Waals surface area contributed by atoms with Gasteiger partial charge in [0.1, 0.15) is 11.4 Å². The third-order valence-corrected chi connectivity index (χ3v) is 4.40. The molecule has 2 heterocycles. The zero-order valence-corrected chi connectivity index (χ0v) is 15.5. The van der Waals surface area contributed by atoms with Crippen LogP contribution in [0.4, 0.5) is 13.2 Å². The molecule has 0 saturated carbocycles. The fraction of sp³-hybridized carbons (Fsp3) is 0.100. The van der Waals surface area contributed by atoms with Crippen molar-refractivity contribution in [2.45, 2.75) is 13.1 Å². The van der Waals surface area contributed by atoms with Crippen LogP contribution in [0.25, 0.3) is 22.6 Å². The standard InChI is InChI=1S/C20H14F3N5O2/c1-12-10-18(20(21,22)23)28(25-12)16-8-2-13(3-9-16)17-11-27(26-24-17)15-6-4-14(5-7-15)19(29)30/h2-11H,1H3,(H,29,30). The summed E-state index contributed by atoms with van der Waals surface area (Å²) in [5.41, 5.74) is 1.64. The van der Waals surface area contributed by atoms with Crippen molar-refractivity contribution in [1.29, 1.82) is 0 Å². The summed E-state index contributed by atoms with van der Waals surface area (Å²) in [6.45, 7) is 1.50.